The second kappa shape index (κ2) is 11.0. The van der Waals surface area contributed by atoms with Gasteiger partial charge in [-0.25, -0.2) is 4.39 Å². The highest BCUT2D eigenvalue weighted by Gasteiger charge is 2.28. The van der Waals surface area contributed by atoms with Crippen LogP contribution < -0.4 is 0 Å². The van der Waals surface area contributed by atoms with Crippen LogP contribution in [0, 0.1) is 12.7 Å². The predicted octanol–water partition coefficient (Wildman–Crippen LogP) is 4.97. The smallest absolute Gasteiger partial charge is 0.191 e. The van der Waals surface area contributed by atoms with E-state index in [4.69, 9.17) is 4.74 Å². The molecular formula is C26H32FN5OS. The third-order valence-electron chi connectivity index (χ3n) is 6.72. The maximum Gasteiger partial charge on any atom is 0.191 e. The van der Waals surface area contributed by atoms with Gasteiger partial charge in [-0.15, -0.1) is 10.2 Å². The van der Waals surface area contributed by atoms with Crippen molar-refractivity contribution < 1.29 is 9.13 Å². The van der Waals surface area contributed by atoms with E-state index >= 15 is 0 Å². The molecule has 2 aliphatic heterocycles. The third-order valence-corrected chi connectivity index (χ3v) is 7.76. The van der Waals surface area contributed by atoms with Crippen LogP contribution in [0.2, 0.25) is 0 Å². The summed E-state index contributed by atoms with van der Waals surface area (Å²) in [4.78, 5) is 7.15. The molecule has 0 aliphatic carbocycles. The molecular weight excluding hydrogens is 449 g/mol. The summed E-state index contributed by atoms with van der Waals surface area (Å²) in [6.45, 7) is 6.65. The Kier molecular flexibility index (Phi) is 7.57. The van der Waals surface area contributed by atoms with E-state index in [1.165, 1.54) is 12.1 Å². The number of aromatic nitrogens is 4. The molecule has 0 unspecified atom stereocenters. The molecule has 0 bridgehead atoms. The number of rotatable bonds is 8. The largest absolute Gasteiger partial charge is 0.376 e. The van der Waals surface area contributed by atoms with E-state index in [1.807, 2.05) is 25.1 Å². The first-order chi connectivity index (χ1) is 16.6. The van der Waals surface area contributed by atoms with Crippen LogP contribution in [0.15, 0.2) is 47.6 Å². The first-order valence-corrected chi connectivity index (χ1v) is 13.2. The van der Waals surface area contributed by atoms with Crippen molar-refractivity contribution in [2.45, 2.75) is 68.6 Å². The number of hydrogen-bond donors (Lipinski definition) is 0. The highest BCUT2D eigenvalue weighted by Crippen LogP contribution is 2.32. The summed E-state index contributed by atoms with van der Waals surface area (Å²) in [7, 11) is 0. The molecule has 8 heteroatoms. The van der Waals surface area contributed by atoms with E-state index in [0.29, 0.717) is 5.92 Å². The highest BCUT2D eigenvalue weighted by atomic mass is 32.2. The number of ether oxygens (including phenoxy) is 1. The van der Waals surface area contributed by atoms with Crippen molar-refractivity contribution in [3.63, 3.8) is 0 Å². The Morgan fingerprint density at radius 1 is 1.06 bits per heavy atom. The lowest BCUT2D eigenvalue weighted by molar-refractivity contribution is 0.0931. The number of halogens is 1. The molecule has 1 atom stereocenters. The quantitative estimate of drug-likeness (QED) is 0.424. The van der Waals surface area contributed by atoms with E-state index in [9.17, 15) is 4.39 Å². The molecule has 2 fully saturated rings. The highest BCUT2D eigenvalue weighted by molar-refractivity contribution is 7.98. The molecule has 0 spiro atoms. The molecule has 1 aromatic carbocycles. The molecule has 34 heavy (non-hydrogen) atoms. The number of likely N-dealkylation sites (tertiary alicyclic amines) is 1. The Labute approximate surface area is 204 Å². The summed E-state index contributed by atoms with van der Waals surface area (Å²) in [5.74, 6) is 2.02. The van der Waals surface area contributed by atoms with Crippen LogP contribution in [0.5, 0.6) is 0 Å². The monoisotopic (exact) mass is 481 g/mol. The fraction of sp³-hybridized carbons (Fsp3) is 0.500. The van der Waals surface area contributed by atoms with Gasteiger partial charge in [0.15, 0.2) is 5.16 Å². The Bertz CT molecular complexity index is 1080. The van der Waals surface area contributed by atoms with Gasteiger partial charge in [-0.3, -0.25) is 9.88 Å². The molecule has 2 aliphatic rings. The van der Waals surface area contributed by atoms with Crippen molar-refractivity contribution in [2.24, 2.45) is 0 Å². The normalized spacial score (nSPS) is 19.6. The van der Waals surface area contributed by atoms with E-state index in [2.05, 4.69) is 36.8 Å². The fourth-order valence-corrected chi connectivity index (χ4v) is 5.78. The summed E-state index contributed by atoms with van der Waals surface area (Å²) in [5.41, 5.74) is 3.29. The molecule has 0 radical (unpaired) electrons. The fourth-order valence-electron chi connectivity index (χ4n) is 4.87. The average Bonchev–Trinajstić information content (AvgIpc) is 3.50. The molecule has 0 amide bonds. The van der Waals surface area contributed by atoms with Crippen LogP contribution in [0.1, 0.15) is 54.4 Å². The lowest BCUT2D eigenvalue weighted by atomic mass is 9.95. The van der Waals surface area contributed by atoms with Gasteiger partial charge in [0.05, 0.1) is 18.3 Å². The molecule has 180 valence electrons. The van der Waals surface area contributed by atoms with Crippen LogP contribution in [0.3, 0.4) is 0 Å². The van der Waals surface area contributed by atoms with E-state index < -0.39 is 0 Å². The van der Waals surface area contributed by atoms with Gasteiger partial charge in [0.1, 0.15) is 11.6 Å². The van der Waals surface area contributed by atoms with Crippen molar-refractivity contribution in [2.75, 3.05) is 19.7 Å². The molecule has 3 aromatic rings. The first-order valence-electron chi connectivity index (χ1n) is 12.2. The molecule has 2 aromatic heterocycles. The van der Waals surface area contributed by atoms with Crippen molar-refractivity contribution in [1.82, 2.24) is 24.6 Å². The van der Waals surface area contributed by atoms with Gasteiger partial charge >= 0.3 is 0 Å². The number of piperidine rings is 1. The molecule has 0 saturated carbocycles. The Balaban J connectivity index is 1.26. The summed E-state index contributed by atoms with van der Waals surface area (Å²) in [5, 5.41) is 10.2. The van der Waals surface area contributed by atoms with Crippen LogP contribution in [0.4, 0.5) is 4.39 Å². The topological polar surface area (TPSA) is 56.1 Å². The van der Waals surface area contributed by atoms with Crippen molar-refractivity contribution in [3.8, 4) is 0 Å². The van der Waals surface area contributed by atoms with Crippen molar-refractivity contribution in [1.29, 1.82) is 0 Å². The second-order valence-electron chi connectivity index (χ2n) is 9.32. The number of thioether (sulfide) groups is 1. The molecule has 2 saturated heterocycles. The summed E-state index contributed by atoms with van der Waals surface area (Å²) in [6.07, 6.45) is 4.57. The minimum atomic E-state index is -0.206. The van der Waals surface area contributed by atoms with Gasteiger partial charge in [-0.05, 0) is 75.5 Å². The van der Waals surface area contributed by atoms with Gasteiger partial charge in [0.2, 0.25) is 0 Å². The number of pyridine rings is 1. The van der Waals surface area contributed by atoms with E-state index in [0.717, 1.165) is 92.2 Å². The van der Waals surface area contributed by atoms with Crippen LogP contribution in [0.25, 0.3) is 0 Å². The van der Waals surface area contributed by atoms with Gasteiger partial charge in [0.25, 0.3) is 0 Å². The van der Waals surface area contributed by atoms with Crippen molar-refractivity contribution >= 4 is 11.8 Å². The van der Waals surface area contributed by atoms with Gasteiger partial charge < -0.3 is 9.30 Å². The van der Waals surface area contributed by atoms with Crippen LogP contribution >= 0.6 is 11.8 Å². The van der Waals surface area contributed by atoms with E-state index in [1.54, 1.807) is 11.8 Å². The van der Waals surface area contributed by atoms with Crippen molar-refractivity contribution in [3.05, 3.63) is 71.1 Å². The Morgan fingerprint density at radius 2 is 1.88 bits per heavy atom. The SMILES string of the molecule is Cc1cccc(CN2CCC(c3nnc(SCc4ccc(F)cc4)n3C[C@H]3CCCO3)CC2)n1. The first kappa shape index (κ1) is 23.5. The zero-order valence-electron chi connectivity index (χ0n) is 19.7. The Hall–Kier alpha value is -2.29. The maximum absolute atomic E-state index is 13.3. The zero-order valence-corrected chi connectivity index (χ0v) is 20.5. The lowest BCUT2D eigenvalue weighted by Gasteiger charge is -2.31. The lowest BCUT2D eigenvalue weighted by Crippen LogP contribution is -2.34. The standard InChI is InChI=1S/C26H32FN5OS/c1-19-4-2-5-23(28-19)16-31-13-11-21(12-14-31)25-29-30-26(32(25)17-24-6-3-15-33-24)34-18-20-7-9-22(27)10-8-20/h2,4-5,7-10,21,24H,3,6,11-18H2,1H3/t24-/m1/s1. The summed E-state index contributed by atoms with van der Waals surface area (Å²) in [6, 6.07) is 12.9. The minimum Gasteiger partial charge on any atom is -0.376 e. The predicted molar refractivity (Wildman–Crippen MR) is 131 cm³/mol. The summed E-state index contributed by atoms with van der Waals surface area (Å²) < 4.78 is 21.5. The minimum absolute atomic E-state index is 0.206. The summed E-state index contributed by atoms with van der Waals surface area (Å²) >= 11 is 1.67. The number of hydrogen-bond acceptors (Lipinski definition) is 6. The average molecular weight is 482 g/mol. The zero-order chi connectivity index (χ0) is 23.3. The van der Waals surface area contributed by atoms with E-state index in [-0.39, 0.29) is 11.9 Å². The number of benzene rings is 1. The maximum atomic E-state index is 13.3. The Morgan fingerprint density at radius 3 is 2.62 bits per heavy atom. The third kappa shape index (κ3) is 5.85. The second-order valence-corrected chi connectivity index (χ2v) is 10.3. The molecule has 0 N–H and O–H groups in total. The van der Waals surface area contributed by atoms with Gasteiger partial charge in [-0.2, -0.15) is 0 Å². The van der Waals surface area contributed by atoms with Crippen LogP contribution in [-0.4, -0.2) is 50.4 Å². The van der Waals surface area contributed by atoms with Gasteiger partial charge in [-0.1, -0.05) is 30.0 Å². The molecule has 5 rings (SSSR count). The van der Waals surface area contributed by atoms with Crippen LogP contribution in [-0.2, 0) is 23.6 Å². The number of aryl methyl sites for hydroxylation is 1. The molecule has 4 heterocycles. The molecule has 6 nitrogen and oxygen atoms in total. The van der Waals surface area contributed by atoms with Gasteiger partial charge in [0, 0.05) is 30.5 Å². The number of nitrogens with zero attached hydrogens (tertiary/aromatic N) is 5.